The highest BCUT2D eigenvalue weighted by atomic mass is 32.2. The van der Waals surface area contributed by atoms with Gasteiger partial charge < -0.3 is 0 Å². The Hall–Kier alpha value is -0.680. The Morgan fingerprint density at radius 2 is 2.00 bits per heavy atom. The molecule has 0 aliphatic carbocycles. The Bertz CT molecular complexity index is 266. The number of carbonyl (C=O) groups excluding carboxylic acids is 1. The molecule has 0 spiro atoms. The SMILES string of the molecule is C=CCC(=O)CS(=O)(=O)N(C)C. The molecule has 70 valence electrons. The Kier molecular flexibility index (Phi) is 4.12. The molecule has 0 radical (unpaired) electrons. The van der Waals surface area contributed by atoms with Crippen LogP contribution in [0.25, 0.3) is 0 Å². The molecule has 0 aromatic carbocycles. The van der Waals surface area contributed by atoms with E-state index in [1.54, 1.807) is 0 Å². The molecule has 0 bridgehead atoms. The van der Waals surface area contributed by atoms with Crippen LogP contribution < -0.4 is 0 Å². The van der Waals surface area contributed by atoms with E-state index in [-0.39, 0.29) is 12.2 Å². The summed E-state index contributed by atoms with van der Waals surface area (Å²) in [6.07, 6.45) is 1.50. The number of hydrogen-bond acceptors (Lipinski definition) is 3. The van der Waals surface area contributed by atoms with Crippen molar-refractivity contribution < 1.29 is 13.2 Å². The molecule has 4 nitrogen and oxygen atoms in total. The molecule has 5 heteroatoms. The van der Waals surface area contributed by atoms with Crippen LogP contribution in [0.3, 0.4) is 0 Å². The Labute approximate surface area is 72.9 Å². The Balaban J connectivity index is 4.26. The minimum Gasteiger partial charge on any atom is -0.298 e. The summed E-state index contributed by atoms with van der Waals surface area (Å²) in [5.41, 5.74) is 0. The molecule has 0 fully saturated rings. The molecule has 0 atom stereocenters. The molecule has 0 aliphatic rings. The van der Waals surface area contributed by atoms with E-state index in [1.165, 1.54) is 20.2 Å². The van der Waals surface area contributed by atoms with Crippen molar-refractivity contribution in [1.82, 2.24) is 4.31 Å². The van der Waals surface area contributed by atoms with Gasteiger partial charge in [0.2, 0.25) is 10.0 Å². The van der Waals surface area contributed by atoms with Crippen LogP contribution in [-0.4, -0.2) is 38.4 Å². The van der Waals surface area contributed by atoms with Gasteiger partial charge in [-0.2, -0.15) is 0 Å². The van der Waals surface area contributed by atoms with Gasteiger partial charge in [0.15, 0.2) is 5.78 Å². The number of ketones is 1. The van der Waals surface area contributed by atoms with Gasteiger partial charge in [-0.15, -0.1) is 6.58 Å². The number of Topliss-reactive ketones (excluding diaryl/α,β-unsaturated/α-hetero) is 1. The van der Waals surface area contributed by atoms with E-state index >= 15 is 0 Å². The summed E-state index contributed by atoms with van der Waals surface area (Å²) in [7, 11) is -0.585. The van der Waals surface area contributed by atoms with Gasteiger partial charge in [-0.1, -0.05) is 6.08 Å². The van der Waals surface area contributed by atoms with Gasteiger partial charge in [-0.25, -0.2) is 12.7 Å². The second-order valence-electron chi connectivity index (χ2n) is 2.57. The maximum absolute atomic E-state index is 11.1. The van der Waals surface area contributed by atoms with Gasteiger partial charge >= 0.3 is 0 Å². The quantitative estimate of drug-likeness (QED) is 0.576. The van der Waals surface area contributed by atoms with Gasteiger partial charge in [0.1, 0.15) is 5.75 Å². The number of carbonyl (C=O) groups is 1. The average Bonchev–Trinajstić information content (AvgIpc) is 1.85. The summed E-state index contributed by atoms with van der Waals surface area (Å²) in [6, 6.07) is 0. The number of allylic oxidation sites excluding steroid dienone is 1. The zero-order valence-corrected chi connectivity index (χ0v) is 8.10. The number of sulfonamides is 1. The zero-order chi connectivity index (χ0) is 9.78. The minimum absolute atomic E-state index is 0.104. The fourth-order valence-electron chi connectivity index (χ4n) is 0.552. The smallest absolute Gasteiger partial charge is 0.220 e. The standard InChI is InChI=1S/C7H13NO3S/c1-4-5-7(9)6-12(10,11)8(2)3/h4H,1,5-6H2,2-3H3. The minimum atomic E-state index is -3.38. The Morgan fingerprint density at radius 1 is 1.50 bits per heavy atom. The van der Waals surface area contributed by atoms with Crippen LogP contribution in [0.5, 0.6) is 0 Å². The average molecular weight is 191 g/mol. The lowest BCUT2D eigenvalue weighted by molar-refractivity contribution is -0.115. The molecule has 0 amide bonds. The van der Waals surface area contributed by atoms with Crippen LogP contribution in [0.15, 0.2) is 12.7 Å². The van der Waals surface area contributed by atoms with E-state index in [4.69, 9.17) is 0 Å². The second kappa shape index (κ2) is 4.37. The van der Waals surface area contributed by atoms with E-state index in [2.05, 4.69) is 6.58 Å². The number of nitrogens with zero attached hydrogens (tertiary/aromatic N) is 1. The summed E-state index contributed by atoms with van der Waals surface area (Å²) < 4.78 is 23.2. The number of rotatable bonds is 5. The molecule has 0 aromatic rings. The lowest BCUT2D eigenvalue weighted by Crippen LogP contribution is -2.28. The second-order valence-corrected chi connectivity index (χ2v) is 4.75. The third-order valence-electron chi connectivity index (χ3n) is 1.27. The van der Waals surface area contributed by atoms with Gasteiger partial charge in [-0.3, -0.25) is 4.79 Å². The van der Waals surface area contributed by atoms with E-state index in [0.717, 1.165) is 4.31 Å². The zero-order valence-electron chi connectivity index (χ0n) is 7.28. The Morgan fingerprint density at radius 3 is 2.33 bits per heavy atom. The van der Waals surface area contributed by atoms with Crippen molar-refractivity contribution in [2.75, 3.05) is 19.8 Å². The molecule has 0 saturated heterocycles. The molecule has 0 N–H and O–H groups in total. The topological polar surface area (TPSA) is 54.5 Å². The van der Waals surface area contributed by atoms with Crippen molar-refractivity contribution in [3.8, 4) is 0 Å². The monoisotopic (exact) mass is 191 g/mol. The number of hydrogen-bond donors (Lipinski definition) is 0. The highest BCUT2D eigenvalue weighted by Gasteiger charge is 2.17. The van der Waals surface area contributed by atoms with E-state index in [1.807, 2.05) is 0 Å². The van der Waals surface area contributed by atoms with Crippen molar-refractivity contribution in [2.24, 2.45) is 0 Å². The molecule has 0 aromatic heterocycles. The molecule has 0 aliphatic heterocycles. The van der Waals surface area contributed by atoms with Crippen molar-refractivity contribution in [2.45, 2.75) is 6.42 Å². The fraction of sp³-hybridized carbons (Fsp3) is 0.571. The largest absolute Gasteiger partial charge is 0.298 e. The normalized spacial score (nSPS) is 11.6. The first kappa shape index (κ1) is 11.3. The molecule has 0 unspecified atom stereocenters. The molecular formula is C7H13NO3S. The third kappa shape index (κ3) is 3.64. The molecule has 12 heavy (non-hydrogen) atoms. The van der Waals surface area contributed by atoms with Crippen molar-refractivity contribution >= 4 is 15.8 Å². The molecular weight excluding hydrogens is 178 g/mol. The first-order chi connectivity index (χ1) is 5.40. The molecule has 0 heterocycles. The lowest BCUT2D eigenvalue weighted by atomic mass is 10.3. The highest BCUT2D eigenvalue weighted by molar-refractivity contribution is 7.89. The molecule has 0 rings (SSSR count). The van der Waals surface area contributed by atoms with Gasteiger partial charge in [0, 0.05) is 20.5 Å². The molecule has 0 saturated carbocycles. The lowest BCUT2D eigenvalue weighted by Gasteiger charge is -2.09. The summed E-state index contributed by atoms with van der Waals surface area (Å²) in [6.45, 7) is 3.35. The fourth-order valence-corrected chi connectivity index (χ4v) is 1.34. The van der Waals surface area contributed by atoms with Crippen molar-refractivity contribution in [3.63, 3.8) is 0 Å². The summed E-state index contributed by atoms with van der Waals surface area (Å²) >= 11 is 0. The van der Waals surface area contributed by atoms with Crippen molar-refractivity contribution in [3.05, 3.63) is 12.7 Å². The van der Waals surface area contributed by atoms with Crippen LogP contribution in [0.2, 0.25) is 0 Å². The predicted octanol–water partition coefficient (Wildman–Crippen LogP) is 0.0230. The van der Waals surface area contributed by atoms with Crippen LogP contribution in [-0.2, 0) is 14.8 Å². The predicted molar refractivity (Wildman–Crippen MR) is 47.3 cm³/mol. The maximum atomic E-state index is 11.1. The van der Waals surface area contributed by atoms with E-state index < -0.39 is 15.8 Å². The first-order valence-corrected chi connectivity index (χ1v) is 5.04. The summed E-state index contributed by atoms with van der Waals surface area (Å²) in [4.78, 5) is 10.9. The van der Waals surface area contributed by atoms with Crippen LogP contribution >= 0.6 is 0 Å². The van der Waals surface area contributed by atoms with E-state index in [9.17, 15) is 13.2 Å². The van der Waals surface area contributed by atoms with Crippen LogP contribution in [0.4, 0.5) is 0 Å². The van der Waals surface area contributed by atoms with Gasteiger partial charge in [-0.05, 0) is 0 Å². The first-order valence-electron chi connectivity index (χ1n) is 3.43. The van der Waals surface area contributed by atoms with Crippen LogP contribution in [0, 0.1) is 0 Å². The van der Waals surface area contributed by atoms with Gasteiger partial charge in [0.25, 0.3) is 0 Å². The third-order valence-corrected chi connectivity index (χ3v) is 3.07. The summed E-state index contributed by atoms with van der Waals surface area (Å²) in [5, 5.41) is 0. The maximum Gasteiger partial charge on any atom is 0.220 e. The summed E-state index contributed by atoms with van der Waals surface area (Å²) in [5.74, 6) is -0.773. The van der Waals surface area contributed by atoms with Crippen LogP contribution in [0.1, 0.15) is 6.42 Å². The van der Waals surface area contributed by atoms with Gasteiger partial charge in [0.05, 0.1) is 0 Å². The van der Waals surface area contributed by atoms with Crippen molar-refractivity contribution in [1.29, 1.82) is 0 Å². The van der Waals surface area contributed by atoms with E-state index in [0.29, 0.717) is 0 Å². The highest BCUT2D eigenvalue weighted by Crippen LogP contribution is 1.96.